The van der Waals surface area contributed by atoms with Crippen molar-refractivity contribution in [2.45, 2.75) is 31.6 Å². The number of halogens is 2. The molecule has 0 aliphatic heterocycles. The molecule has 1 rings (SSSR count). The van der Waals surface area contributed by atoms with E-state index in [2.05, 4.69) is 5.92 Å². The van der Waals surface area contributed by atoms with Crippen molar-refractivity contribution in [3.63, 3.8) is 0 Å². The van der Waals surface area contributed by atoms with Crippen LogP contribution in [0.4, 0.5) is 8.78 Å². The second-order valence-electron chi connectivity index (χ2n) is 3.20. The van der Waals surface area contributed by atoms with E-state index in [0.717, 1.165) is 0 Å². The molecule has 0 amide bonds. The lowest BCUT2D eigenvalue weighted by Gasteiger charge is -2.24. The van der Waals surface area contributed by atoms with E-state index in [1.54, 1.807) is 0 Å². The van der Waals surface area contributed by atoms with Gasteiger partial charge in [0.15, 0.2) is 0 Å². The maximum Gasteiger partial charge on any atom is 0.381 e. The van der Waals surface area contributed by atoms with Crippen molar-refractivity contribution in [3.8, 4) is 11.8 Å². The molecular formula is C9H10F2O2. The van der Waals surface area contributed by atoms with Crippen LogP contribution < -0.4 is 0 Å². The molecule has 1 aliphatic carbocycles. The highest BCUT2D eigenvalue weighted by Gasteiger charge is 2.34. The van der Waals surface area contributed by atoms with Gasteiger partial charge in [-0.2, -0.15) is 0 Å². The monoisotopic (exact) mass is 188 g/mol. The molecule has 0 heterocycles. The predicted octanol–water partition coefficient (Wildman–Crippen LogP) is 1.90. The number of hydrogen-bond donors (Lipinski definition) is 1. The first-order valence-electron chi connectivity index (χ1n) is 4.12. The van der Waals surface area contributed by atoms with Gasteiger partial charge in [0.25, 0.3) is 0 Å². The SMILES string of the molecule is O=C(O)C#CC1CCC(F)(F)CC1. The summed E-state index contributed by atoms with van der Waals surface area (Å²) in [5, 5.41) is 8.23. The van der Waals surface area contributed by atoms with Crippen LogP contribution in [0.3, 0.4) is 0 Å². The molecule has 0 bridgehead atoms. The minimum Gasteiger partial charge on any atom is -0.472 e. The van der Waals surface area contributed by atoms with Crippen LogP contribution in [-0.2, 0) is 4.79 Å². The highest BCUT2D eigenvalue weighted by atomic mass is 19.3. The third-order valence-electron chi connectivity index (χ3n) is 2.10. The van der Waals surface area contributed by atoms with Crippen molar-refractivity contribution in [3.05, 3.63) is 0 Å². The molecule has 0 atom stereocenters. The Balaban J connectivity index is 2.43. The van der Waals surface area contributed by atoms with Crippen LogP contribution in [0.25, 0.3) is 0 Å². The lowest BCUT2D eigenvalue weighted by Crippen LogP contribution is -2.23. The van der Waals surface area contributed by atoms with Crippen molar-refractivity contribution < 1.29 is 18.7 Å². The smallest absolute Gasteiger partial charge is 0.381 e. The van der Waals surface area contributed by atoms with Crippen molar-refractivity contribution in [2.24, 2.45) is 5.92 Å². The lowest BCUT2D eigenvalue weighted by molar-refractivity contribution is -0.130. The molecule has 1 aliphatic rings. The summed E-state index contributed by atoms with van der Waals surface area (Å²) in [6.07, 6.45) is 0.249. The number of aliphatic carboxylic acids is 1. The Morgan fingerprint density at radius 3 is 2.38 bits per heavy atom. The summed E-state index contributed by atoms with van der Waals surface area (Å²) >= 11 is 0. The molecule has 0 aromatic rings. The van der Waals surface area contributed by atoms with Gasteiger partial charge in [0.2, 0.25) is 5.92 Å². The van der Waals surface area contributed by atoms with E-state index in [0.29, 0.717) is 12.8 Å². The number of carboxylic acids is 1. The fraction of sp³-hybridized carbons (Fsp3) is 0.667. The topological polar surface area (TPSA) is 37.3 Å². The van der Waals surface area contributed by atoms with Gasteiger partial charge in [0.05, 0.1) is 0 Å². The van der Waals surface area contributed by atoms with Gasteiger partial charge in [0, 0.05) is 24.7 Å². The zero-order chi connectivity index (χ0) is 9.90. The second-order valence-corrected chi connectivity index (χ2v) is 3.20. The average Bonchev–Trinajstić information content (AvgIpc) is 2.02. The number of carboxylic acid groups (broad SMARTS) is 1. The third-order valence-corrected chi connectivity index (χ3v) is 2.10. The summed E-state index contributed by atoms with van der Waals surface area (Å²) in [5.41, 5.74) is 0. The van der Waals surface area contributed by atoms with Gasteiger partial charge >= 0.3 is 5.97 Å². The summed E-state index contributed by atoms with van der Waals surface area (Å²) < 4.78 is 25.2. The van der Waals surface area contributed by atoms with Gasteiger partial charge in [-0.15, -0.1) is 0 Å². The van der Waals surface area contributed by atoms with Crippen LogP contribution in [0, 0.1) is 17.8 Å². The molecular weight excluding hydrogens is 178 g/mol. The molecule has 0 saturated heterocycles. The van der Waals surface area contributed by atoms with Gasteiger partial charge in [-0.25, -0.2) is 13.6 Å². The molecule has 2 nitrogen and oxygen atoms in total. The minimum absolute atomic E-state index is 0.171. The first-order chi connectivity index (χ1) is 5.99. The zero-order valence-corrected chi connectivity index (χ0v) is 7.02. The van der Waals surface area contributed by atoms with Crippen molar-refractivity contribution in [1.82, 2.24) is 0 Å². The molecule has 1 saturated carbocycles. The van der Waals surface area contributed by atoms with Crippen LogP contribution in [0.15, 0.2) is 0 Å². The van der Waals surface area contributed by atoms with Gasteiger partial charge < -0.3 is 5.11 Å². The van der Waals surface area contributed by atoms with Crippen LogP contribution in [-0.4, -0.2) is 17.0 Å². The van der Waals surface area contributed by atoms with E-state index < -0.39 is 11.9 Å². The van der Waals surface area contributed by atoms with Crippen LogP contribution >= 0.6 is 0 Å². The Morgan fingerprint density at radius 2 is 1.92 bits per heavy atom. The Hall–Kier alpha value is -1.11. The van der Waals surface area contributed by atoms with E-state index in [-0.39, 0.29) is 18.8 Å². The zero-order valence-electron chi connectivity index (χ0n) is 7.02. The molecule has 1 N–H and O–H groups in total. The number of alkyl halides is 2. The number of carbonyl (C=O) groups is 1. The lowest BCUT2D eigenvalue weighted by atomic mass is 9.87. The van der Waals surface area contributed by atoms with Gasteiger partial charge in [-0.1, -0.05) is 5.92 Å². The van der Waals surface area contributed by atoms with Gasteiger partial charge in [-0.05, 0) is 12.8 Å². The van der Waals surface area contributed by atoms with Gasteiger partial charge in [-0.3, -0.25) is 0 Å². The largest absolute Gasteiger partial charge is 0.472 e. The average molecular weight is 188 g/mol. The fourth-order valence-electron chi connectivity index (χ4n) is 1.35. The fourth-order valence-corrected chi connectivity index (χ4v) is 1.35. The van der Waals surface area contributed by atoms with Crippen LogP contribution in [0.2, 0.25) is 0 Å². The van der Waals surface area contributed by atoms with E-state index >= 15 is 0 Å². The maximum absolute atomic E-state index is 12.6. The summed E-state index contributed by atoms with van der Waals surface area (Å²) in [6, 6.07) is 0. The van der Waals surface area contributed by atoms with Crippen LogP contribution in [0.1, 0.15) is 25.7 Å². The van der Waals surface area contributed by atoms with E-state index in [9.17, 15) is 13.6 Å². The predicted molar refractivity (Wildman–Crippen MR) is 42.3 cm³/mol. The highest BCUT2D eigenvalue weighted by molar-refractivity contribution is 5.86. The molecule has 1 fully saturated rings. The molecule has 0 aromatic carbocycles. The van der Waals surface area contributed by atoms with Crippen molar-refractivity contribution >= 4 is 5.97 Å². The van der Waals surface area contributed by atoms with Crippen molar-refractivity contribution in [2.75, 3.05) is 0 Å². The molecule has 0 unspecified atom stereocenters. The van der Waals surface area contributed by atoms with Gasteiger partial charge in [0.1, 0.15) is 0 Å². The molecule has 4 heteroatoms. The maximum atomic E-state index is 12.6. The molecule has 0 spiro atoms. The normalized spacial score (nSPS) is 21.7. The van der Waals surface area contributed by atoms with E-state index in [1.165, 1.54) is 0 Å². The summed E-state index contributed by atoms with van der Waals surface area (Å²) in [4.78, 5) is 10.0. The summed E-state index contributed by atoms with van der Waals surface area (Å²) in [7, 11) is 0. The van der Waals surface area contributed by atoms with Crippen molar-refractivity contribution in [1.29, 1.82) is 0 Å². The number of hydrogen-bond acceptors (Lipinski definition) is 1. The quantitative estimate of drug-likeness (QED) is 0.589. The second kappa shape index (κ2) is 3.73. The minimum atomic E-state index is -2.57. The first kappa shape index (κ1) is 9.97. The molecule has 13 heavy (non-hydrogen) atoms. The Kier molecular flexibility index (Phi) is 2.86. The summed E-state index contributed by atoms with van der Waals surface area (Å²) in [5.74, 6) is 0.505. The molecule has 0 radical (unpaired) electrons. The van der Waals surface area contributed by atoms with E-state index in [4.69, 9.17) is 5.11 Å². The van der Waals surface area contributed by atoms with Crippen LogP contribution in [0.5, 0.6) is 0 Å². The standard InChI is InChI=1S/C9H10F2O2/c10-9(11)5-3-7(4-6-9)1-2-8(12)13/h7H,3-6H2,(H,12,13). The first-order valence-corrected chi connectivity index (χ1v) is 4.12. The number of rotatable bonds is 0. The highest BCUT2D eigenvalue weighted by Crippen LogP contribution is 2.35. The third kappa shape index (κ3) is 3.41. The van der Waals surface area contributed by atoms with E-state index in [1.807, 2.05) is 5.92 Å². The molecule has 72 valence electrons. The molecule has 0 aromatic heterocycles. The Morgan fingerprint density at radius 1 is 1.38 bits per heavy atom. The summed E-state index contributed by atoms with van der Waals surface area (Å²) in [6.45, 7) is 0. The Bertz CT molecular complexity index is 253. The Labute approximate surface area is 74.9 Å².